The van der Waals surface area contributed by atoms with Crippen LogP contribution in [0, 0.1) is 0 Å². The lowest BCUT2D eigenvalue weighted by molar-refractivity contribution is 0.0956. The first-order valence-electron chi connectivity index (χ1n) is 10.4. The van der Waals surface area contributed by atoms with Crippen molar-refractivity contribution in [3.8, 4) is 0 Å². The van der Waals surface area contributed by atoms with Crippen molar-refractivity contribution >= 4 is 50.7 Å². The van der Waals surface area contributed by atoms with Gasteiger partial charge in [0.25, 0.3) is 11.8 Å². The van der Waals surface area contributed by atoms with Gasteiger partial charge in [-0.25, -0.2) is 0 Å². The number of fused-ring (bicyclic) bond motifs is 2. The minimum absolute atomic E-state index is 0.207. The number of hydrogen-bond donors (Lipinski definition) is 2. The summed E-state index contributed by atoms with van der Waals surface area (Å²) in [4.78, 5) is 40.0. The number of halogens is 1. The third kappa shape index (κ3) is 3.97. The van der Waals surface area contributed by atoms with Crippen LogP contribution in [0.25, 0.3) is 10.9 Å². The largest absolute Gasteiger partial charge is 0.352 e. The van der Waals surface area contributed by atoms with E-state index in [9.17, 15) is 14.4 Å². The molecule has 2 amide bonds. The SMILES string of the molecule is CCNC(=O)c1c(NC(=O)c2nn(CC)c3ccc(Cl)cc3c2=O)sc2c1CCCC2. The molecule has 0 saturated carbocycles. The third-order valence-corrected chi connectivity index (χ3v) is 6.84. The molecule has 0 saturated heterocycles. The second-order valence-corrected chi connectivity index (χ2v) is 8.93. The molecule has 1 aliphatic carbocycles. The molecule has 1 aliphatic rings. The van der Waals surface area contributed by atoms with Crippen LogP contribution in [-0.2, 0) is 19.4 Å². The lowest BCUT2D eigenvalue weighted by Crippen LogP contribution is -2.28. The number of aromatic nitrogens is 2. The van der Waals surface area contributed by atoms with Crippen LogP contribution in [0.4, 0.5) is 5.00 Å². The van der Waals surface area contributed by atoms with Gasteiger partial charge in [-0.2, -0.15) is 5.10 Å². The van der Waals surface area contributed by atoms with Crippen LogP contribution in [0.15, 0.2) is 23.0 Å². The molecule has 2 aromatic heterocycles. The van der Waals surface area contributed by atoms with Gasteiger partial charge in [-0.3, -0.25) is 19.1 Å². The summed E-state index contributed by atoms with van der Waals surface area (Å²) in [5, 5.41) is 11.1. The summed E-state index contributed by atoms with van der Waals surface area (Å²) in [5.41, 5.74) is 1.42. The van der Waals surface area contributed by atoms with Gasteiger partial charge in [-0.15, -0.1) is 11.3 Å². The van der Waals surface area contributed by atoms with Crippen molar-refractivity contribution in [2.24, 2.45) is 0 Å². The highest BCUT2D eigenvalue weighted by Crippen LogP contribution is 2.38. The second kappa shape index (κ2) is 8.80. The Kier molecular flexibility index (Phi) is 6.11. The Labute approximate surface area is 188 Å². The van der Waals surface area contributed by atoms with E-state index in [0.29, 0.717) is 39.6 Å². The normalized spacial score (nSPS) is 13.1. The molecule has 2 heterocycles. The van der Waals surface area contributed by atoms with Gasteiger partial charge < -0.3 is 10.6 Å². The van der Waals surface area contributed by atoms with Gasteiger partial charge in [0.15, 0.2) is 5.69 Å². The lowest BCUT2D eigenvalue weighted by Gasteiger charge is -2.13. The average molecular weight is 459 g/mol. The summed E-state index contributed by atoms with van der Waals surface area (Å²) in [6, 6.07) is 4.96. The smallest absolute Gasteiger partial charge is 0.280 e. The van der Waals surface area contributed by atoms with Crippen molar-refractivity contribution in [2.45, 2.75) is 46.1 Å². The molecule has 0 atom stereocenters. The average Bonchev–Trinajstić information content (AvgIpc) is 3.12. The van der Waals surface area contributed by atoms with Crippen molar-refractivity contribution in [3.63, 3.8) is 0 Å². The molecule has 4 rings (SSSR count). The zero-order valence-electron chi connectivity index (χ0n) is 17.4. The van der Waals surface area contributed by atoms with Crippen molar-refractivity contribution < 1.29 is 9.59 Å². The van der Waals surface area contributed by atoms with Crippen LogP contribution in [0.1, 0.15) is 58.0 Å². The molecule has 7 nitrogen and oxygen atoms in total. The van der Waals surface area contributed by atoms with Gasteiger partial charge in [0.1, 0.15) is 5.00 Å². The Bertz CT molecular complexity index is 1250. The molecule has 0 spiro atoms. The van der Waals surface area contributed by atoms with Gasteiger partial charge in [0, 0.05) is 23.0 Å². The van der Waals surface area contributed by atoms with E-state index in [1.807, 2.05) is 13.8 Å². The number of benzene rings is 1. The molecule has 1 aromatic carbocycles. The summed E-state index contributed by atoms with van der Waals surface area (Å²) in [7, 11) is 0. The van der Waals surface area contributed by atoms with Crippen molar-refractivity contribution in [1.82, 2.24) is 15.1 Å². The number of rotatable bonds is 5. The first-order valence-corrected chi connectivity index (χ1v) is 11.6. The number of carbonyl (C=O) groups is 2. The van der Waals surface area contributed by atoms with Crippen LogP contribution in [0.3, 0.4) is 0 Å². The number of aryl methyl sites for hydroxylation is 2. The van der Waals surface area contributed by atoms with E-state index >= 15 is 0 Å². The van der Waals surface area contributed by atoms with Gasteiger partial charge in [0.05, 0.1) is 16.5 Å². The highest BCUT2D eigenvalue weighted by atomic mass is 35.5. The predicted molar refractivity (Wildman–Crippen MR) is 124 cm³/mol. The van der Waals surface area contributed by atoms with E-state index in [1.54, 1.807) is 22.9 Å². The topological polar surface area (TPSA) is 93.1 Å². The molecule has 31 heavy (non-hydrogen) atoms. The fourth-order valence-electron chi connectivity index (χ4n) is 3.96. The molecule has 162 valence electrons. The van der Waals surface area contributed by atoms with Crippen molar-refractivity contribution in [2.75, 3.05) is 11.9 Å². The number of thiophene rings is 1. The van der Waals surface area contributed by atoms with E-state index in [4.69, 9.17) is 11.6 Å². The van der Waals surface area contributed by atoms with Crippen molar-refractivity contribution in [3.05, 3.63) is 55.1 Å². The standard InChI is InChI=1S/C22H23ClN4O3S/c1-3-24-20(29)17-13-7-5-6-8-16(13)31-22(17)25-21(30)18-19(28)14-11-12(23)9-10-15(14)27(4-2)26-18/h9-11H,3-8H2,1-2H3,(H,24,29)(H,25,30). The Morgan fingerprint density at radius 3 is 2.71 bits per heavy atom. The van der Waals surface area contributed by atoms with Crippen LogP contribution in [-0.4, -0.2) is 28.1 Å². The molecular formula is C22H23ClN4O3S. The molecular weight excluding hydrogens is 436 g/mol. The van der Waals surface area contributed by atoms with Gasteiger partial charge in [-0.1, -0.05) is 11.6 Å². The van der Waals surface area contributed by atoms with E-state index in [-0.39, 0.29) is 11.6 Å². The quantitative estimate of drug-likeness (QED) is 0.604. The first-order chi connectivity index (χ1) is 14.9. The molecule has 2 N–H and O–H groups in total. The van der Waals surface area contributed by atoms with E-state index in [0.717, 1.165) is 36.1 Å². The number of nitrogens with zero attached hydrogens (tertiary/aromatic N) is 2. The van der Waals surface area contributed by atoms with Gasteiger partial charge in [-0.05, 0) is 63.3 Å². The number of carbonyl (C=O) groups excluding carboxylic acids is 2. The molecule has 0 unspecified atom stereocenters. The fraction of sp³-hybridized carbons (Fsp3) is 0.364. The molecule has 9 heteroatoms. The maximum Gasteiger partial charge on any atom is 0.280 e. The maximum atomic E-state index is 13.1. The van der Waals surface area contributed by atoms with E-state index in [1.165, 1.54) is 11.3 Å². The Morgan fingerprint density at radius 1 is 1.19 bits per heavy atom. The summed E-state index contributed by atoms with van der Waals surface area (Å²) < 4.78 is 1.60. The zero-order valence-corrected chi connectivity index (χ0v) is 19.0. The minimum Gasteiger partial charge on any atom is -0.352 e. The Balaban J connectivity index is 1.78. The molecule has 0 aliphatic heterocycles. The van der Waals surface area contributed by atoms with Gasteiger partial charge >= 0.3 is 0 Å². The maximum absolute atomic E-state index is 13.1. The van der Waals surface area contributed by atoms with Crippen molar-refractivity contribution in [1.29, 1.82) is 0 Å². The molecule has 0 bridgehead atoms. The van der Waals surface area contributed by atoms with E-state index < -0.39 is 11.3 Å². The second-order valence-electron chi connectivity index (χ2n) is 7.38. The third-order valence-electron chi connectivity index (χ3n) is 5.39. The lowest BCUT2D eigenvalue weighted by atomic mass is 9.95. The monoisotopic (exact) mass is 458 g/mol. The molecule has 3 aromatic rings. The first kappa shape index (κ1) is 21.5. The minimum atomic E-state index is -0.627. The van der Waals surface area contributed by atoms with E-state index in [2.05, 4.69) is 15.7 Å². The Morgan fingerprint density at radius 2 is 1.97 bits per heavy atom. The summed E-state index contributed by atoms with van der Waals surface area (Å²) in [5.74, 6) is -0.834. The summed E-state index contributed by atoms with van der Waals surface area (Å²) >= 11 is 7.49. The van der Waals surface area contributed by atoms with Gasteiger partial charge in [0.2, 0.25) is 5.43 Å². The summed E-state index contributed by atoms with van der Waals surface area (Å²) in [6.07, 6.45) is 3.77. The predicted octanol–water partition coefficient (Wildman–Crippen LogP) is 4.01. The fourth-order valence-corrected chi connectivity index (χ4v) is 5.41. The van der Waals surface area contributed by atoms with Crippen LogP contribution in [0.2, 0.25) is 5.02 Å². The van der Waals surface area contributed by atoms with Crippen LogP contribution in [0.5, 0.6) is 0 Å². The number of anilines is 1. The summed E-state index contributed by atoms with van der Waals surface area (Å²) in [6.45, 7) is 4.71. The zero-order chi connectivity index (χ0) is 22.1. The molecule has 0 radical (unpaired) electrons. The number of nitrogens with one attached hydrogen (secondary N) is 2. The highest BCUT2D eigenvalue weighted by Gasteiger charge is 2.27. The van der Waals surface area contributed by atoms with Crippen LogP contribution < -0.4 is 16.1 Å². The number of hydrogen-bond acceptors (Lipinski definition) is 5. The van der Waals surface area contributed by atoms with Crippen LogP contribution >= 0.6 is 22.9 Å². The molecule has 0 fully saturated rings. The Hall–Kier alpha value is -2.71. The number of amides is 2. The highest BCUT2D eigenvalue weighted by molar-refractivity contribution is 7.17.